The van der Waals surface area contributed by atoms with Crippen molar-refractivity contribution >= 4 is 11.0 Å². The molecule has 0 saturated heterocycles. The number of rotatable bonds is 4. The van der Waals surface area contributed by atoms with E-state index in [-0.39, 0.29) is 6.61 Å². The van der Waals surface area contributed by atoms with Crippen LogP contribution in [0.4, 0.5) is 0 Å². The van der Waals surface area contributed by atoms with E-state index in [1.54, 1.807) is 31.6 Å². The lowest BCUT2D eigenvalue weighted by molar-refractivity contribution is 0.361. The van der Waals surface area contributed by atoms with Crippen LogP contribution in [0.15, 0.2) is 30.6 Å². The van der Waals surface area contributed by atoms with Gasteiger partial charge >= 0.3 is 0 Å². The highest BCUT2D eigenvalue weighted by Gasteiger charge is 2.12. The highest BCUT2D eigenvalue weighted by molar-refractivity contribution is 5.79. The van der Waals surface area contributed by atoms with Crippen molar-refractivity contribution in [1.29, 1.82) is 5.26 Å². The number of hydrogen-bond donors (Lipinski definition) is 1. The Bertz CT molecular complexity index is 789. The fourth-order valence-corrected chi connectivity index (χ4v) is 1.98. The summed E-state index contributed by atoms with van der Waals surface area (Å²) in [5, 5.41) is 16.1. The highest BCUT2D eigenvalue weighted by Crippen LogP contribution is 2.32. The molecule has 0 spiro atoms. The molecule has 7 heteroatoms. The summed E-state index contributed by atoms with van der Waals surface area (Å²) in [4.78, 5) is 7.61. The maximum absolute atomic E-state index is 8.53. The Morgan fingerprint density at radius 3 is 2.90 bits per heavy atom. The molecule has 0 aliphatic heterocycles. The molecule has 0 bridgehead atoms. The third-order valence-electron chi connectivity index (χ3n) is 2.93. The van der Waals surface area contributed by atoms with Gasteiger partial charge in [-0.15, -0.1) is 0 Å². The number of nitrogens with one attached hydrogen (secondary N) is 1. The average Bonchev–Trinajstić information content (AvgIpc) is 2.96. The van der Waals surface area contributed by atoms with E-state index >= 15 is 0 Å². The predicted octanol–water partition coefficient (Wildman–Crippen LogP) is 1.93. The Balaban J connectivity index is 2.03. The lowest BCUT2D eigenvalue weighted by Crippen LogP contribution is -1.95. The Hall–Kier alpha value is -3.14. The molecular formula is C14H11N5O2. The summed E-state index contributed by atoms with van der Waals surface area (Å²) in [6.45, 7) is -0.00945. The van der Waals surface area contributed by atoms with Crippen LogP contribution < -0.4 is 9.47 Å². The van der Waals surface area contributed by atoms with Gasteiger partial charge in [-0.1, -0.05) is 0 Å². The van der Waals surface area contributed by atoms with Crippen LogP contribution in [-0.4, -0.2) is 33.9 Å². The van der Waals surface area contributed by atoms with Gasteiger partial charge in [-0.2, -0.15) is 15.5 Å². The summed E-state index contributed by atoms with van der Waals surface area (Å²) >= 11 is 0. The van der Waals surface area contributed by atoms with Crippen LogP contribution >= 0.6 is 0 Å². The van der Waals surface area contributed by atoms with Crippen molar-refractivity contribution in [3.05, 3.63) is 30.6 Å². The molecule has 1 aromatic carbocycles. The van der Waals surface area contributed by atoms with Gasteiger partial charge in [0.15, 0.2) is 6.61 Å². The number of hydrogen-bond acceptors (Lipinski definition) is 6. The fourth-order valence-electron chi connectivity index (χ4n) is 1.98. The van der Waals surface area contributed by atoms with Gasteiger partial charge in [-0.25, -0.2) is 4.98 Å². The van der Waals surface area contributed by atoms with Crippen molar-refractivity contribution in [3.8, 4) is 29.0 Å². The molecule has 7 nitrogen and oxygen atoms in total. The van der Waals surface area contributed by atoms with E-state index in [1.165, 1.54) is 0 Å². The zero-order chi connectivity index (χ0) is 14.7. The first kappa shape index (κ1) is 12.9. The van der Waals surface area contributed by atoms with Gasteiger partial charge < -0.3 is 14.5 Å². The number of nitriles is 1. The van der Waals surface area contributed by atoms with Crippen LogP contribution in [0.3, 0.4) is 0 Å². The Kier molecular flexibility index (Phi) is 3.35. The predicted molar refractivity (Wildman–Crippen MR) is 74.8 cm³/mol. The van der Waals surface area contributed by atoms with Crippen LogP contribution in [0.1, 0.15) is 0 Å². The molecule has 3 rings (SSSR count). The number of H-pyrrole nitrogens is 1. The molecule has 0 amide bonds. The quantitative estimate of drug-likeness (QED) is 0.784. The van der Waals surface area contributed by atoms with Crippen molar-refractivity contribution in [3.63, 3.8) is 0 Å². The summed E-state index contributed by atoms with van der Waals surface area (Å²) in [7, 11) is 1.57. The molecule has 0 atom stereocenters. The molecule has 0 radical (unpaired) electrons. The SMILES string of the molecule is COc1cc(OCC#N)ccc1-c1nc2cnncc2[nH]1. The van der Waals surface area contributed by atoms with Crippen molar-refractivity contribution < 1.29 is 9.47 Å². The molecule has 0 aliphatic carbocycles. The molecule has 21 heavy (non-hydrogen) atoms. The minimum absolute atomic E-state index is 0.00945. The molecule has 0 unspecified atom stereocenters. The number of benzene rings is 1. The minimum atomic E-state index is -0.00945. The van der Waals surface area contributed by atoms with E-state index in [9.17, 15) is 0 Å². The lowest BCUT2D eigenvalue weighted by atomic mass is 10.2. The molecule has 0 fully saturated rings. The summed E-state index contributed by atoms with van der Waals surface area (Å²) in [6, 6.07) is 7.23. The van der Waals surface area contributed by atoms with Crippen molar-refractivity contribution in [2.45, 2.75) is 0 Å². The zero-order valence-corrected chi connectivity index (χ0v) is 11.2. The molecule has 1 N–H and O–H groups in total. The van der Waals surface area contributed by atoms with Gasteiger partial charge in [0.25, 0.3) is 0 Å². The topological polar surface area (TPSA) is 96.7 Å². The fraction of sp³-hybridized carbons (Fsp3) is 0.143. The van der Waals surface area contributed by atoms with E-state index in [0.717, 1.165) is 16.6 Å². The normalized spacial score (nSPS) is 10.3. The van der Waals surface area contributed by atoms with E-state index < -0.39 is 0 Å². The number of ether oxygens (including phenoxy) is 2. The first-order valence-corrected chi connectivity index (χ1v) is 6.16. The molecular weight excluding hydrogens is 270 g/mol. The molecule has 0 saturated carbocycles. The molecule has 2 aromatic heterocycles. The average molecular weight is 281 g/mol. The van der Waals surface area contributed by atoms with Gasteiger partial charge in [0.1, 0.15) is 28.9 Å². The van der Waals surface area contributed by atoms with E-state index in [4.69, 9.17) is 14.7 Å². The Morgan fingerprint density at radius 2 is 2.14 bits per heavy atom. The third-order valence-corrected chi connectivity index (χ3v) is 2.93. The monoisotopic (exact) mass is 281 g/mol. The first-order valence-electron chi connectivity index (χ1n) is 6.16. The van der Waals surface area contributed by atoms with E-state index in [1.807, 2.05) is 12.1 Å². The lowest BCUT2D eigenvalue weighted by Gasteiger charge is -2.08. The number of fused-ring (bicyclic) bond motifs is 1. The molecule has 0 aliphatic rings. The first-order chi connectivity index (χ1) is 10.3. The second kappa shape index (κ2) is 5.46. The molecule has 3 aromatic rings. The van der Waals surface area contributed by atoms with Crippen LogP contribution in [0.25, 0.3) is 22.4 Å². The summed E-state index contributed by atoms with van der Waals surface area (Å²) in [5.41, 5.74) is 2.32. The highest BCUT2D eigenvalue weighted by atomic mass is 16.5. The van der Waals surface area contributed by atoms with E-state index in [2.05, 4.69) is 20.2 Å². The molecule has 2 heterocycles. The maximum Gasteiger partial charge on any atom is 0.174 e. The standard InChI is InChI=1S/C14H11N5O2/c1-20-13-6-9(21-5-4-15)2-3-10(13)14-18-11-7-16-17-8-12(11)19-14/h2-3,6-8H,5H2,1H3,(H,18,19). The van der Waals surface area contributed by atoms with E-state index in [0.29, 0.717) is 17.3 Å². The van der Waals surface area contributed by atoms with Crippen molar-refractivity contribution in [2.75, 3.05) is 13.7 Å². The summed E-state index contributed by atoms with van der Waals surface area (Å²) in [6.07, 6.45) is 3.20. The number of aromatic nitrogens is 4. The van der Waals surface area contributed by atoms with Crippen molar-refractivity contribution in [1.82, 2.24) is 20.2 Å². The Labute approximate surface area is 120 Å². The van der Waals surface area contributed by atoms with Crippen LogP contribution in [0, 0.1) is 11.3 Å². The van der Waals surface area contributed by atoms with Gasteiger partial charge in [-0.3, -0.25) is 0 Å². The third kappa shape index (κ3) is 2.47. The van der Waals surface area contributed by atoms with Gasteiger partial charge in [0, 0.05) is 6.07 Å². The number of aromatic amines is 1. The number of imidazole rings is 1. The van der Waals surface area contributed by atoms with Crippen molar-refractivity contribution in [2.24, 2.45) is 0 Å². The van der Waals surface area contributed by atoms with Gasteiger partial charge in [0.2, 0.25) is 0 Å². The maximum atomic E-state index is 8.53. The second-order valence-corrected chi connectivity index (χ2v) is 4.18. The Morgan fingerprint density at radius 1 is 1.29 bits per heavy atom. The second-order valence-electron chi connectivity index (χ2n) is 4.18. The minimum Gasteiger partial charge on any atom is -0.496 e. The largest absolute Gasteiger partial charge is 0.496 e. The number of methoxy groups -OCH3 is 1. The van der Waals surface area contributed by atoms with Gasteiger partial charge in [-0.05, 0) is 12.1 Å². The van der Waals surface area contributed by atoms with Crippen LogP contribution in [-0.2, 0) is 0 Å². The molecule has 104 valence electrons. The zero-order valence-electron chi connectivity index (χ0n) is 11.2. The van der Waals surface area contributed by atoms with Crippen LogP contribution in [0.5, 0.6) is 11.5 Å². The summed E-state index contributed by atoms with van der Waals surface area (Å²) < 4.78 is 10.6. The summed E-state index contributed by atoms with van der Waals surface area (Å²) in [5.74, 6) is 1.82. The number of nitrogens with zero attached hydrogens (tertiary/aromatic N) is 4. The van der Waals surface area contributed by atoms with Gasteiger partial charge in [0.05, 0.1) is 30.6 Å². The van der Waals surface area contributed by atoms with Crippen LogP contribution in [0.2, 0.25) is 0 Å². The smallest absolute Gasteiger partial charge is 0.174 e.